The summed E-state index contributed by atoms with van der Waals surface area (Å²) in [4.78, 5) is 25.8. The van der Waals surface area contributed by atoms with E-state index in [2.05, 4.69) is 10.6 Å². The predicted octanol–water partition coefficient (Wildman–Crippen LogP) is 0.438. The van der Waals surface area contributed by atoms with Crippen molar-refractivity contribution in [2.75, 3.05) is 19.7 Å². The highest BCUT2D eigenvalue weighted by molar-refractivity contribution is 6.01. The van der Waals surface area contributed by atoms with E-state index in [1.54, 1.807) is 4.90 Å². The maximum Gasteiger partial charge on any atom is 0.319 e. The average molecular weight is 287 g/mol. The Balaban J connectivity index is 1.96. The molecule has 0 spiro atoms. The van der Waals surface area contributed by atoms with Gasteiger partial charge in [-0.1, -0.05) is 29.8 Å². The summed E-state index contributed by atoms with van der Waals surface area (Å²) in [6.07, 6.45) is 0. The summed E-state index contributed by atoms with van der Waals surface area (Å²) in [7, 11) is 0. The minimum atomic E-state index is -0.439. The van der Waals surface area contributed by atoms with Crippen molar-refractivity contribution in [1.82, 2.24) is 15.5 Å². The number of amides is 3. The summed E-state index contributed by atoms with van der Waals surface area (Å²) in [6, 6.07) is 6.99. The Hall–Kier alpha value is -2.34. The summed E-state index contributed by atoms with van der Waals surface area (Å²) >= 11 is 0. The number of benzene rings is 1. The van der Waals surface area contributed by atoms with Gasteiger partial charge in [-0.05, 0) is 12.5 Å². The molecule has 0 saturated heterocycles. The third-order valence-electron chi connectivity index (χ3n) is 3.80. The molecule has 2 aliphatic heterocycles. The minimum absolute atomic E-state index is 0.0944. The number of carbonyl (C=O) groups excluding carboxylic acids is 2. The molecule has 21 heavy (non-hydrogen) atoms. The van der Waals surface area contributed by atoms with E-state index in [0.717, 1.165) is 11.1 Å². The fraction of sp³-hybridized carbons (Fsp3) is 0.333. The zero-order valence-corrected chi connectivity index (χ0v) is 11.7. The van der Waals surface area contributed by atoms with Crippen LogP contribution in [0.1, 0.15) is 17.2 Å². The van der Waals surface area contributed by atoms with E-state index in [0.29, 0.717) is 17.8 Å². The average Bonchev–Trinajstić information content (AvgIpc) is 2.76. The number of hydrogen-bond donors (Lipinski definition) is 3. The molecule has 6 heteroatoms. The van der Waals surface area contributed by atoms with E-state index < -0.39 is 6.04 Å². The third kappa shape index (κ3) is 2.38. The van der Waals surface area contributed by atoms with Gasteiger partial charge in [0, 0.05) is 6.54 Å². The lowest BCUT2D eigenvalue weighted by Gasteiger charge is -2.25. The Kier molecular flexibility index (Phi) is 3.39. The second kappa shape index (κ2) is 5.21. The molecule has 0 saturated carbocycles. The number of urea groups is 1. The molecule has 0 radical (unpaired) electrons. The highest BCUT2D eigenvalue weighted by atomic mass is 16.3. The number of β-amino-alcohol motifs (C(OH)–C–C–N with tert-alkyl or cyclic N) is 1. The number of aryl methyl sites for hydroxylation is 1. The van der Waals surface area contributed by atoms with Crippen LogP contribution < -0.4 is 10.6 Å². The van der Waals surface area contributed by atoms with E-state index in [9.17, 15) is 9.59 Å². The number of aliphatic hydroxyl groups excluding tert-OH is 1. The predicted molar refractivity (Wildman–Crippen MR) is 76.3 cm³/mol. The van der Waals surface area contributed by atoms with Crippen LogP contribution in [-0.4, -0.2) is 41.6 Å². The van der Waals surface area contributed by atoms with Crippen molar-refractivity contribution >= 4 is 11.9 Å². The Morgan fingerprint density at radius 3 is 2.67 bits per heavy atom. The van der Waals surface area contributed by atoms with Crippen LogP contribution in [0.25, 0.3) is 0 Å². The van der Waals surface area contributed by atoms with Crippen LogP contribution in [0.15, 0.2) is 35.5 Å². The van der Waals surface area contributed by atoms with Gasteiger partial charge in [-0.25, -0.2) is 4.79 Å². The van der Waals surface area contributed by atoms with Crippen molar-refractivity contribution < 1.29 is 14.7 Å². The summed E-state index contributed by atoms with van der Waals surface area (Å²) in [5, 5.41) is 14.5. The van der Waals surface area contributed by atoms with Crippen molar-refractivity contribution in [3.05, 3.63) is 46.7 Å². The fourth-order valence-electron chi connectivity index (χ4n) is 2.74. The lowest BCUT2D eigenvalue weighted by Crippen LogP contribution is -2.44. The number of nitrogens with one attached hydrogen (secondary N) is 2. The van der Waals surface area contributed by atoms with Gasteiger partial charge in [0.15, 0.2) is 0 Å². The van der Waals surface area contributed by atoms with Gasteiger partial charge in [0.2, 0.25) is 0 Å². The SMILES string of the molecule is Cc1ccc([C@@H]2NC(=O)NC3=C2C(=O)N(CCO)C3)cc1. The maximum absolute atomic E-state index is 12.5. The Labute approximate surface area is 122 Å². The first-order chi connectivity index (χ1) is 10.1. The number of carbonyl (C=O) groups is 2. The molecule has 1 aromatic rings. The molecule has 0 aliphatic carbocycles. The first kappa shape index (κ1) is 13.6. The molecule has 1 aromatic carbocycles. The fourth-order valence-corrected chi connectivity index (χ4v) is 2.74. The smallest absolute Gasteiger partial charge is 0.319 e. The normalized spacial score (nSPS) is 21.2. The molecule has 3 amide bonds. The molecule has 0 aromatic heterocycles. The van der Waals surface area contributed by atoms with Gasteiger partial charge in [-0.3, -0.25) is 4.79 Å². The number of rotatable bonds is 3. The molecule has 2 heterocycles. The molecule has 0 unspecified atom stereocenters. The third-order valence-corrected chi connectivity index (χ3v) is 3.80. The van der Waals surface area contributed by atoms with Crippen molar-refractivity contribution in [2.24, 2.45) is 0 Å². The van der Waals surface area contributed by atoms with Crippen LogP contribution in [0.5, 0.6) is 0 Å². The Morgan fingerprint density at radius 1 is 1.29 bits per heavy atom. The summed E-state index contributed by atoms with van der Waals surface area (Å²) < 4.78 is 0. The molecule has 110 valence electrons. The van der Waals surface area contributed by atoms with E-state index in [-0.39, 0.29) is 25.1 Å². The summed E-state index contributed by atoms with van der Waals surface area (Å²) in [5.74, 6) is -0.142. The largest absolute Gasteiger partial charge is 0.395 e. The monoisotopic (exact) mass is 287 g/mol. The molecular formula is C15H17N3O3. The zero-order valence-electron chi connectivity index (χ0n) is 11.7. The maximum atomic E-state index is 12.5. The second-order valence-corrected chi connectivity index (χ2v) is 5.28. The van der Waals surface area contributed by atoms with Gasteiger partial charge in [0.1, 0.15) is 0 Å². The number of aliphatic hydroxyl groups is 1. The highest BCUT2D eigenvalue weighted by Gasteiger charge is 2.39. The first-order valence-corrected chi connectivity index (χ1v) is 6.87. The van der Waals surface area contributed by atoms with Crippen molar-refractivity contribution in [3.8, 4) is 0 Å². The van der Waals surface area contributed by atoms with Crippen LogP contribution in [-0.2, 0) is 4.79 Å². The molecule has 3 rings (SSSR count). The Bertz CT molecular complexity index is 622. The van der Waals surface area contributed by atoms with E-state index in [1.807, 2.05) is 31.2 Å². The van der Waals surface area contributed by atoms with Crippen LogP contribution >= 0.6 is 0 Å². The molecule has 6 nitrogen and oxygen atoms in total. The van der Waals surface area contributed by atoms with Gasteiger partial charge in [-0.15, -0.1) is 0 Å². The molecule has 1 atom stereocenters. The standard InChI is InChI=1S/C15H17N3O3/c1-9-2-4-10(5-3-9)13-12-11(16-15(21)17-13)8-18(6-7-19)14(12)20/h2-5,13,19H,6-8H2,1H3,(H2,16,17,21)/t13-/m0/s1. The van der Waals surface area contributed by atoms with Crippen LogP contribution in [0.3, 0.4) is 0 Å². The highest BCUT2D eigenvalue weighted by Crippen LogP contribution is 2.32. The topological polar surface area (TPSA) is 81.7 Å². The van der Waals surface area contributed by atoms with E-state index in [4.69, 9.17) is 5.11 Å². The minimum Gasteiger partial charge on any atom is -0.395 e. The summed E-state index contributed by atoms with van der Waals surface area (Å²) in [6.45, 7) is 2.49. The lowest BCUT2D eigenvalue weighted by atomic mass is 9.95. The second-order valence-electron chi connectivity index (χ2n) is 5.28. The van der Waals surface area contributed by atoms with Gasteiger partial charge >= 0.3 is 6.03 Å². The molecule has 0 bridgehead atoms. The van der Waals surface area contributed by atoms with E-state index >= 15 is 0 Å². The van der Waals surface area contributed by atoms with Gasteiger partial charge in [-0.2, -0.15) is 0 Å². The van der Waals surface area contributed by atoms with Crippen molar-refractivity contribution in [2.45, 2.75) is 13.0 Å². The van der Waals surface area contributed by atoms with Gasteiger partial charge in [0.05, 0.1) is 30.5 Å². The van der Waals surface area contributed by atoms with Crippen LogP contribution in [0, 0.1) is 6.92 Å². The number of hydrogen-bond acceptors (Lipinski definition) is 3. The van der Waals surface area contributed by atoms with Crippen LogP contribution in [0.2, 0.25) is 0 Å². The quantitative estimate of drug-likeness (QED) is 0.754. The lowest BCUT2D eigenvalue weighted by molar-refractivity contribution is -0.126. The molecule has 2 aliphatic rings. The number of nitrogens with zero attached hydrogens (tertiary/aromatic N) is 1. The van der Waals surface area contributed by atoms with Gasteiger partial charge in [0.25, 0.3) is 5.91 Å². The zero-order chi connectivity index (χ0) is 15.0. The van der Waals surface area contributed by atoms with E-state index in [1.165, 1.54) is 0 Å². The Morgan fingerprint density at radius 2 is 2.00 bits per heavy atom. The van der Waals surface area contributed by atoms with Gasteiger partial charge < -0.3 is 20.6 Å². The molecule has 0 fully saturated rings. The first-order valence-electron chi connectivity index (χ1n) is 6.87. The van der Waals surface area contributed by atoms with Crippen LogP contribution in [0.4, 0.5) is 4.79 Å². The molecular weight excluding hydrogens is 270 g/mol. The van der Waals surface area contributed by atoms with Crippen molar-refractivity contribution in [1.29, 1.82) is 0 Å². The summed E-state index contributed by atoms with van der Waals surface area (Å²) in [5.41, 5.74) is 3.18. The molecule has 3 N–H and O–H groups in total. The van der Waals surface area contributed by atoms with Crippen molar-refractivity contribution in [3.63, 3.8) is 0 Å².